The topological polar surface area (TPSA) is 48.4 Å². The SMILES string of the molecule is COC=CC(=O)Oc1cccnc1. The summed E-state index contributed by atoms with van der Waals surface area (Å²) in [5.41, 5.74) is 0. The highest BCUT2D eigenvalue weighted by atomic mass is 16.5. The molecule has 68 valence electrons. The first-order valence-corrected chi connectivity index (χ1v) is 3.64. The maximum Gasteiger partial charge on any atom is 0.339 e. The van der Waals surface area contributed by atoms with Gasteiger partial charge in [0.2, 0.25) is 0 Å². The molecule has 0 unspecified atom stereocenters. The molecule has 0 N–H and O–H groups in total. The van der Waals surface area contributed by atoms with Crippen molar-refractivity contribution >= 4 is 5.97 Å². The molecule has 0 aliphatic heterocycles. The number of esters is 1. The minimum Gasteiger partial charge on any atom is -0.504 e. The second-order valence-electron chi connectivity index (χ2n) is 2.15. The Bertz CT molecular complexity index is 295. The molecule has 1 aromatic rings. The molecule has 4 nitrogen and oxygen atoms in total. The van der Waals surface area contributed by atoms with Crippen LogP contribution in [0.1, 0.15) is 0 Å². The Hall–Kier alpha value is -1.84. The number of methoxy groups -OCH3 is 1. The lowest BCUT2D eigenvalue weighted by Crippen LogP contribution is -2.03. The molecule has 4 heteroatoms. The maximum absolute atomic E-state index is 11.0. The molecule has 0 aliphatic carbocycles. The normalized spacial score (nSPS) is 9.92. The van der Waals surface area contributed by atoms with Crippen molar-refractivity contribution in [2.24, 2.45) is 0 Å². The lowest BCUT2D eigenvalue weighted by Gasteiger charge is -1.98. The van der Waals surface area contributed by atoms with Crippen LogP contribution in [-0.2, 0) is 9.53 Å². The van der Waals surface area contributed by atoms with Crippen molar-refractivity contribution in [3.05, 3.63) is 36.9 Å². The van der Waals surface area contributed by atoms with Gasteiger partial charge < -0.3 is 9.47 Å². The molecule has 1 rings (SSSR count). The summed E-state index contributed by atoms with van der Waals surface area (Å²) in [6.45, 7) is 0. The van der Waals surface area contributed by atoms with Gasteiger partial charge in [0, 0.05) is 6.20 Å². The van der Waals surface area contributed by atoms with E-state index in [1.54, 1.807) is 18.3 Å². The summed E-state index contributed by atoms with van der Waals surface area (Å²) in [7, 11) is 1.45. The third kappa shape index (κ3) is 3.37. The largest absolute Gasteiger partial charge is 0.504 e. The van der Waals surface area contributed by atoms with Crippen LogP contribution < -0.4 is 4.74 Å². The lowest BCUT2D eigenvalue weighted by atomic mass is 10.5. The van der Waals surface area contributed by atoms with Gasteiger partial charge in [0.15, 0.2) is 0 Å². The fraction of sp³-hybridized carbons (Fsp3) is 0.111. The Morgan fingerprint density at radius 3 is 3.08 bits per heavy atom. The molecule has 1 aromatic heterocycles. The molecule has 0 aliphatic rings. The molecular weight excluding hydrogens is 170 g/mol. The summed E-state index contributed by atoms with van der Waals surface area (Å²) in [4.78, 5) is 14.7. The van der Waals surface area contributed by atoms with Gasteiger partial charge in [-0.2, -0.15) is 0 Å². The Labute approximate surface area is 75.8 Å². The summed E-state index contributed by atoms with van der Waals surface area (Å²) >= 11 is 0. The zero-order chi connectivity index (χ0) is 9.52. The fourth-order valence-corrected chi connectivity index (χ4v) is 0.681. The molecule has 1 heterocycles. The smallest absolute Gasteiger partial charge is 0.339 e. The van der Waals surface area contributed by atoms with E-state index in [2.05, 4.69) is 9.72 Å². The van der Waals surface area contributed by atoms with Crippen LogP contribution in [0.15, 0.2) is 36.9 Å². The van der Waals surface area contributed by atoms with Gasteiger partial charge in [-0.3, -0.25) is 4.98 Å². The average Bonchev–Trinajstić information content (AvgIpc) is 2.16. The number of carbonyl (C=O) groups excluding carboxylic acids is 1. The van der Waals surface area contributed by atoms with Crippen LogP contribution in [0.3, 0.4) is 0 Å². The van der Waals surface area contributed by atoms with Gasteiger partial charge in [0.05, 0.1) is 25.6 Å². The fourth-order valence-electron chi connectivity index (χ4n) is 0.681. The van der Waals surface area contributed by atoms with Gasteiger partial charge >= 0.3 is 5.97 Å². The van der Waals surface area contributed by atoms with Gasteiger partial charge in [-0.05, 0) is 12.1 Å². The van der Waals surface area contributed by atoms with Crippen LogP contribution in [0.2, 0.25) is 0 Å². The zero-order valence-corrected chi connectivity index (χ0v) is 7.14. The van der Waals surface area contributed by atoms with E-state index in [0.29, 0.717) is 5.75 Å². The molecule has 0 radical (unpaired) electrons. The van der Waals surface area contributed by atoms with Crippen molar-refractivity contribution < 1.29 is 14.3 Å². The Morgan fingerprint density at radius 2 is 2.46 bits per heavy atom. The maximum atomic E-state index is 11.0. The minimum absolute atomic E-state index is 0.410. The zero-order valence-electron chi connectivity index (χ0n) is 7.14. The second-order valence-corrected chi connectivity index (χ2v) is 2.15. The van der Waals surface area contributed by atoms with E-state index in [-0.39, 0.29) is 0 Å². The Balaban J connectivity index is 2.50. The summed E-state index contributed by atoms with van der Waals surface area (Å²) in [6, 6.07) is 3.33. The van der Waals surface area contributed by atoms with E-state index in [4.69, 9.17) is 4.74 Å². The summed E-state index contributed by atoms with van der Waals surface area (Å²) in [6.07, 6.45) is 5.49. The summed E-state index contributed by atoms with van der Waals surface area (Å²) in [5.74, 6) is -0.0805. The summed E-state index contributed by atoms with van der Waals surface area (Å²) in [5, 5.41) is 0. The van der Waals surface area contributed by atoms with Gasteiger partial charge in [0.25, 0.3) is 0 Å². The third-order valence-electron chi connectivity index (χ3n) is 1.19. The first-order valence-electron chi connectivity index (χ1n) is 3.64. The quantitative estimate of drug-likeness (QED) is 0.396. The monoisotopic (exact) mass is 179 g/mol. The van der Waals surface area contributed by atoms with Crippen molar-refractivity contribution in [2.45, 2.75) is 0 Å². The number of hydrogen-bond acceptors (Lipinski definition) is 4. The number of ether oxygens (including phenoxy) is 2. The molecule has 13 heavy (non-hydrogen) atoms. The highest BCUT2D eigenvalue weighted by molar-refractivity contribution is 5.83. The number of aromatic nitrogens is 1. The van der Waals surface area contributed by atoms with Gasteiger partial charge in [0.1, 0.15) is 5.75 Å². The van der Waals surface area contributed by atoms with Crippen LogP contribution in [-0.4, -0.2) is 18.1 Å². The number of pyridine rings is 1. The predicted molar refractivity (Wildman–Crippen MR) is 46.0 cm³/mol. The molecule has 0 fully saturated rings. The molecule has 0 bridgehead atoms. The molecule has 0 saturated carbocycles. The van der Waals surface area contributed by atoms with E-state index >= 15 is 0 Å². The number of nitrogens with zero attached hydrogens (tertiary/aromatic N) is 1. The molecule has 0 amide bonds. The van der Waals surface area contributed by atoms with Crippen LogP contribution in [0.25, 0.3) is 0 Å². The van der Waals surface area contributed by atoms with E-state index in [1.165, 1.54) is 25.6 Å². The number of carbonyl (C=O) groups is 1. The van der Waals surface area contributed by atoms with Crippen LogP contribution >= 0.6 is 0 Å². The van der Waals surface area contributed by atoms with Crippen LogP contribution in [0.4, 0.5) is 0 Å². The summed E-state index contributed by atoms with van der Waals surface area (Å²) < 4.78 is 9.40. The number of rotatable bonds is 3. The molecule has 0 aromatic carbocycles. The number of hydrogen-bond donors (Lipinski definition) is 0. The first-order chi connectivity index (χ1) is 6.33. The lowest BCUT2D eigenvalue weighted by molar-refractivity contribution is -0.129. The van der Waals surface area contributed by atoms with Crippen molar-refractivity contribution in [1.29, 1.82) is 0 Å². The van der Waals surface area contributed by atoms with Crippen molar-refractivity contribution in [3.63, 3.8) is 0 Å². The Morgan fingerprint density at radius 1 is 1.62 bits per heavy atom. The predicted octanol–water partition coefficient (Wildman–Crippen LogP) is 1.15. The minimum atomic E-state index is -0.491. The molecule has 0 atom stereocenters. The van der Waals surface area contributed by atoms with E-state index < -0.39 is 5.97 Å². The second kappa shape index (κ2) is 4.92. The van der Waals surface area contributed by atoms with Gasteiger partial charge in [-0.25, -0.2) is 4.79 Å². The van der Waals surface area contributed by atoms with Crippen LogP contribution in [0, 0.1) is 0 Å². The molecule has 0 spiro atoms. The van der Waals surface area contributed by atoms with Gasteiger partial charge in [-0.15, -0.1) is 0 Å². The average molecular weight is 179 g/mol. The Kier molecular flexibility index (Phi) is 3.50. The van der Waals surface area contributed by atoms with E-state index in [9.17, 15) is 4.79 Å². The van der Waals surface area contributed by atoms with Crippen molar-refractivity contribution in [1.82, 2.24) is 4.98 Å². The van der Waals surface area contributed by atoms with Gasteiger partial charge in [-0.1, -0.05) is 0 Å². The third-order valence-corrected chi connectivity index (χ3v) is 1.19. The van der Waals surface area contributed by atoms with Crippen molar-refractivity contribution in [2.75, 3.05) is 7.11 Å². The molecule has 0 saturated heterocycles. The highest BCUT2D eigenvalue weighted by Crippen LogP contribution is 2.06. The molecular formula is C9H9NO3. The van der Waals surface area contributed by atoms with Crippen molar-refractivity contribution in [3.8, 4) is 5.75 Å². The van der Waals surface area contributed by atoms with E-state index in [1.807, 2.05) is 0 Å². The standard InChI is InChI=1S/C9H9NO3/c1-12-6-4-9(11)13-8-3-2-5-10-7-8/h2-7H,1H3. The van der Waals surface area contributed by atoms with E-state index in [0.717, 1.165) is 0 Å². The first kappa shape index (κ1) is 9.25. The van der Waals surface area contributed by atoms with Crippen LogP contribution in [0.5, 0.6) is 5.75 Å². The highest BCUT2D eigenvalue weighted by Gasteiger charge is 1.98.